The predicted molar refractivity (Wildman–Crippen MR) is 98.7 cm³/mol. The topological polar surface area (TPSA) is 85.3 Å². The van der Waals surface area contributed by atoms with Gasteiger partial charge in [0, 0.05) is 24.1 Å². The lowest BCUT2D eigenvalue weighted by Gasteiger charge is -2.15. The number of phenols is 1. The Kier molecular flexibility index (Phi) is 5.83. The summed E-state index contributed by atoms with van der Waals surface area (Å²) in [5, 5.41) is 24.0. The zero-order valence-corrected chi connectivity index (χ0v) is 14.5. The molecule has 2 aromatic carbocycles. The molecule has 0 saturated carbocycles. The van der Waals surface area contributed by atoms with Crippen LogP contribution >= 0.6 is 0 Å². The second-order valence-corrected chi connectivity index (χ2v) is 6.39. The van der Waals surface area contributed by atoms with Crippen LogP contribution in [0.3, 0.4) is 0 Å². The summed E-state index contributed by atoms with van der Waals surface area (Å²) >= 11 is 0. The lowest BCUT2D eigenvalue weighted by atomic mass is 10.0. The third-order valence-electron chi connectivity index (χ3n) is 4.34. The zero-order valence-electron chi connectivity index (χ0n) is 14.5. The molecule has 0 bridgehead atoms. The van der Waals surface area contributed by atoms with Crippen LogP contribution in [0.15, 0.2) is 47.3 Å². The molecule has 3 rings (SSSR count). The van der Waals surface area contributed by atoms with Gasteiger partial charge in [0.15, 0.2) is 0 Å². The summed E-state index contributed by atoms with van der Waals surface area (Å²) in [7, 11) is 0. The van der Waals surface area contributed by atoms with Crippen molar-refractivity contribution in [3.8, 4) is 5.75 Å². The zero-order chi connectivity index (χ0) is 19.4. The van der Waals surface area contributed by atoms with Gasteiger partial charge >= 0.3 is 0 Å². The van der Waals surface area contributed by atoms with Crippen molar-refractivity contribution in [1.29, 1.82) is 0 Å². The summed E-state index contributed by atoms with van der Waals surface area (Å²) < 4.78 is 26.3. The maximum atomic E-state index is 13.1. The monoisotopic (exact) mass is 374 g/mol. The van der Waals surface area contributed by atoms with E-state index in [-0.39, 0.29) is 23.4 Å². The summed E-state index contributed by atoms with van der Waals surface area (Å²) in [4.78, 5) is 14.0. The van der Waals surface area contributed by atoms with Gasteiger partial charge in [0.2, 0.25) is 5.56 Å². The highest BCUT2D eigenvalue weighted by Gasteiger charge is 2.13. The van der Waals surface area contributed by atoms with E-state index in [0.29, 0.717) is 35.9 Å². The first-order valence-electron chi connectivity index (χ1n) is 8.62. The Hall–Kier alpha value is -2.77. The van der Waals surface area contributed by atoms with Gasteiger partial charge in [-0.15, -0.1) is 0 Å². The number of aromatic amines is 1. The molecule has 0 amide bonds. The molecule has 5 nitrogen and oxygen atoms in total. The van der Waals surface area contributed by atoms with Crippen LogP contribution in [0.2, 0.25) is 0 Å². The van der Waals surface area contributed by atoms with Gasteiger partial charge in [-0.2, -0.15) is 0 Å². The van der Waals surface area contributed by atoms with Crippen LogP contribution in [0.4, 0.5) is 8.78 Å². The number of H-pyrrole nitrogens is 1. The van der Waals surface area contributed by atoms with Crippen LogP contribution in [0.25, 0.3) is 10.9 Å². The Morgan fingerprint density at radius 2 is 1.81 bits per heavy atom. The third-order valence-corrected chi connectivity index (χ3v) is 4.34. The van der Waals surface area contributed by atoms with Gasteiger partial charge in [-0.25, -0.2) is 8.78 Å². The molecule has 1 aromatic heterocycles. The Bertz CT molecular complexity index is 984. The van der Waals surface area contributed by atoms with Gasteiger partial charge in [-0.1, -0.05) is 6.07 Å². The van der Waals surface area contributed by atoms with Crippen molar-refractivity contribution in [3.63, 3.8) is 0 Å². The maximum Gasteiger partial charge on any atom is 0.248 e. The van der Waals surface area contributed by atoms with Crippen LogP contribution in [0.1, 0.15) is 23.7 Å². The van der Waals surface area contributed by atoms with Crippen LogP contribution in [-0.4, -0.2) is 28.3 Å². The number of hydrogen-bond acceptors (Lipinski definition) is 4. The number of phenolic OH excluding ortho intramolecular Hbond substituents is 1. The molecule has 0 saturated heterocycles. The summed E-state index contributed by atoms with van der Waals surface area (Å²) in [5.41, 5.74) is 1.12. The average molecular weight is 374 g/mol. The fraction of sp³-hybridized carbons (Fsp3) is 0.250. The minimum atomic E-state index is -0.842. The van der Waals surface area contributed by atoms with Gasteiger partial charge in [0.05, 0.1) is 11.6 Å². The Morgan fingerprint density at radius 3 is 2.56 bits per heavy atom. The molecule has 4 N–H and O–H groups in total. The van der Waals surface area contributed by atoms with E-state index in [2.05, 4.69) is 10.3 Å². The highest BCUT2D eigenvalue weighted by atomic mass is 19.1. The first-order valence-corrected chi connectivity index (χ1v) is 8.62. The molecular formula is C20H20F2N2O3. The van der Waals surface area contributed by atoms with Crippen molar-refractivity contribution in [2.24, 2.45) is 0 Å². The SMILES string of the molecule is O=c1ccc2c(C(O)CNCCCc3cc(F)cc(F)c3)ccc(O)c2[nH]1. The van der Waals surface area contributed by atoms with Crippen molar-refractivity contribution < 1.29 is 19.0 Å². The Morgan fingerprint density at radius 1 is 1.07 bits per heavy atom. The summed E-state index contributed by atoms with van der Waals surface area (Å²) in [5.74, 6) is -1.25. The lowest BCUT2D eigenvalue weighted by molar-refractivity contribution is 0.176. The van der Waals surface area contributed by atoms with Crippen LogP contribution < -0.4 is 10.9 Å². The number of fused-ring (bicyclic) bond motifs is 1. The second kappa shape index (κ2) is 8.28. The molecule has 142 valence electrons. The largest absolute Gasteiger partial charge is 0.506 e. The predicted octanol–water partition coefficient (Wildman–Crippen LogP) is 2.77. The van der Waals surface area contributed by atoms with E-state index >= 15 is 0 Å². The number of aryl methyl sites for hydroxylation is 1. The number of aromatic nitrogens is 1. The summed E-state index contributed by atoms with van der Waals surface area (Å²) in [6.07, 6.45) is 0.325. The first-order chi connectivity index (χ1) is 12.9. The number of aromatic hydroxyl groups is 1. The molecule has 0 spiro atoms. The van der Waals surface area contributed by atoms with Gasteiger partial charge in [0.25, 0.3) is 0 Å². The molecule has 27 heavy (non-hydrogen) atoms. The molecule has 0 fully saturated rings. The molecule has 3 aromatic rings. The first kappa shape index (κ1) is 19.0. The molecule has 0 aliphatic carbocycles. The molecule has 0 aliphatic rings. The van der Waals surface area contributed by atoms with Crippen molar-refractivity contribution in [2.45, 2.75) is 18.9 Å². The fourth-order valence-electron chi connectivity index (χ4n) is 3.07. The van der Waals surface area contributed by atoms with Gasteiger partial charge in [0.1, 0.15) is 17.4 Å². The second-order valence-electron chi connectivity index (χ2n) is 6.39. The molecule has 7 heteroatoms. The smallest absolute Gasteiger partial charge is 0.248 e. The van der Waals surface area contributed by atoms with Crippen molar-refractivity contribution in [3.05, 3.63) is 75.6 Å². The number of nitrogens with one attached hydrogen (secondary N) is 2. The maximum absolute atomic E-state index is 13.1. The van der Waals surface area contributed by atoms with E-state index in [4.69, 9.17) is 0 Å². The van der Waals surface area contributed by atoms with E-state index in [1.54, 1.807) is 12.1 Å². The molecule has 1 unspecified atom stereocenters. The van der Waals surface area contributed by atoms with E-state index in [1.165, 1.54) is 24.3 Å². The highest BCUT2D eigenvalue weighted by Crippen LogP contribution is 2.28. The summed E-state index contributed by atoms with van der Waals surface area (Å²) in [6, 6.07) is 9.39. The van der Waals surface area contributed by atoms with Crippen molar-refractivity contribution in [2.75, 3.05) is 13.1 Å². The third kappa shape index (κ3) is 4.69. The van der Waals surface area contributed by atoms with Gasteiger partial charge < -0.3 is 20.5 Å². The van der Waals surface area contributed by atoms with Crippen molar-refractivity contribution >= 4 is 10.9 Å². The van der Waals surface area contributed by atoms with Crippen LogP contribution in [-0.2, 0) is 6.42 Å². The van der Waals surface area contributed by atoms with Gasteiger partial charge in [-0.05, 0) is 54.8 Å². The van der Waals surface area contributed by atoms with Crippen LogP contribution in [0.5, 0.6) is 5.75 Å². The molecule has 1 heterocycles. The van der Waals surface area contributed by atoms with E-state index in [0.717, 1.165) is 6.07 Å². The minimum Gasteiger partial charge on any atom is -0.506 e. The highest BCUT2D eigenvalue weighted by molar-refractivity contribution is 5.87. The fourth-order valence-corrected chi connectivity index (χ4v) is 3.07. The Labute approximate surface area is 154 Å². The standard InChI is InChI=1S/C20H20F2N2O3/c21-13-8-12(9-14(22)10-13)2-1-7-23-11-18(26)15-3-5-17(25)20-16(15)4-6-19(27)24-20/h3-6,8-10,18,23,25-26H,1-2,7,11H2,(H,24,27). The number of halogens is 2. The van der Waals surface area contributed by atoms with Gasteiger partial charge in [-0.3, -0.25) is 4.79 Å². The number of rotatable bonds is 7. The van der Waals surface area contributed by atoms with E-state index < -0.39 is 17.7 Å². The van der Waals surface area contributed by atoms with E-state index in [1.807, 2.05) is 0 Å². The average Bonchev–Trinajstić information content (AvgIpc) is 2.61. The lowest BCUT2D eigenvalue weighted by Crippen LogP contribution is -2.23. The molecule has 0 aliphatic heterocycles. The Balaban J connectivity index is 1.57. The van der Waals surface area contributed by atoms with Crippen molar-refractivity contribution in [1.82, 2.24) is 10.3 Å². The quantitative estimate of drug-likeness (QED) is 0.479. The number of benzene rings is 2. The minimum absolute atomic E-state index is 0.0612. The number of pyridine rings is 1. The van der Waals surface area contributed by atoms with Crippen LogP contribution in [0, 0.1) is 11.6 Å². The summed E-state index contributed by atoms with van der Waals surface area (Å²) in [6.45, 7) is 0.818. The molecular weight excluding hydrogens is 354 g/mol. The number of aliphatic hydroxyl groups is 1. The van der Waals surface area contributed by atoms with E-state index in [9.17, 15) is 23.8 Å². The molecule has 0 radical (unpaired) electrons. The normalized spacial score (nSPS) is 12.4. The number of aliphatic hydroxyl groups excluding tert-OH is 1. The number of hydrogen-bond donors (Lipinski definition) is 4. The molecule has 1 atom stereocenters.